The summed E-state index contributed by atoms with van der Waals surface area (Å²) in [5.41, 5.74) is 5.78. The van der Waals surface area contributed by atoms with Crippen molar-refractivity contribution in [2.75, 3.05) is 0 Å². The highest BCUT2D eigenvalue weighted by Gasteiger charge is 2.25. The van der Waals surface area contributed by atoms with E-state index in [1.165, 1.54) is 16.7 Å². The first-order chi connectivity index (χ1) is 12.9. The van der Waals surface area contributed by atoms with E-state index in [-0.39, 0.29) is 11.9 Å². The minimum absolute atomic E-state index is 0.0497. The topological polar surface area (TPSA) is 26.3 Å². The predicted molar refractivity (Wildman–Crippen MR) is 110 cm³/mol. The molecule has 2 heteroatoms. The number of carbonyl (C=O) groups is 1. The van der Waals surface area contributed by atoms with Crippen molar-refractivity contribution < 1.29 is 9.53 Å². The summed E-state index contributed by atoms with van der Waals surface area (Å²) in [6, 6.07) is 11.7. The van der Waals surface area contributed by atoms with Gasteiger partial charge in [-0.05, 0) is 105 Å². The van der Waals surface area contributed by atoms with Gasteiger partial charge in [-0.1, -0.05) is 18.8 Å². The van der Waals surface area contributed by atoms with Crippen LogP contribution in [0.3, 0.4) is 0 Å². The first kappa shape index (κ1) is 19.2. The lowest BCUT2D eigenvalue weighted by Gasteiger charge is -2.24. The zero-order valence-corrected chi connectivity index (χ0v) is 16.8. The molecule has 0 atom stereocenters. The van der Waals surface area contributed by atoms with Crippen LogP contribution in [0.15, 0.2) is 36.4 Å². The highest BCUT2D eigenvalue weighted by molar-refractivity contribution is 5.75. The summed E-state index contributed by atoms with van der Waals surface area (Å²) in [4.78, 5) is 12.3. The molecule has 0 radical (unpaired) electrons. The summed E-state index contributed by atoms with van der Waals surface area (Å²) in [6.45, 7) is 8.61. The van der Waals surface area contributed by atoms with Gasteiger partial charge in [0.2, 0.25) is 0 Å². The summed E-state index contributed by atoms with van der Waals surface area (Å²) in [5, 5.41) is 0. The molecule has 2 nitrogen and oxygen atoms in total. The van der Waals surface area contributed by atoms with Gasteiger partial charge in [0.25, 0.3) is 0 Å². The van der Waals surface area contributed by atoms with Gasteiger partial charge in [-0.15, -0.1) is 0 Å². The maximum absolute atomic E-state index is 12.3. The molecule has 0 amide bonds. The van der Waals surface area contributed by atoms with Crippen molar-refractivity contribution in [2.24, 2.45) is 11.8 Å². The van der Waals surface area contributed by atoms with Crippen molar-refractivity contribution in [3.8, 4) is 17.6 Å². The third kappa shape index (κ3) is 5.01. The fraction of sp³-hybridized carbons (Fsp3) is 0.400. The number of benzene rings is 2. The van der Waals surface area contributed by atoms with Crippen LogP contribution in [0.2, 0.25) is 0 Å². The molecule has 0 heterocycles. The molecular formula is C25H28O2. The molecule has 0 unspecified atom stereocenters. The minimum atomic E-state index is -0.0914. The standard InChI is InChI=1S/C25H28O2/c1-17-5-11-23(12-6-17)25(26)27-24-13-9-21(10-14-24)7-8-22-15-18(2)20(4)19(3)16-22/h9-10,13-17,23H,5-6,11-12H2,1-4H3. The number of carbonyl (C=O) groups excluding carboxylic acids is 1. The average molecular weight is 360 g/mol. The fourth-order valence-electron chi connectivity index (χ4n) is 3.55. The van der Waals surface area contributed by atoms with E-state index in [1.807, 2.05) is 24.3 Å². The van der Waals surface area contributed by atoms with Gasteiger partial charge >= 0.3 is 5.97 Å². The van der Waals surface area contributed by atoms with Crippen LogP contribution in [0.1, 0.15) is 60.4 Å². The number of rotatable bonds is 2. The van der Waals surface area contributed by atoms with Gasteiger partial charge in [0.05, 0.1) is 5.92 Å². The third-order valence-electron chi connectivity index (χ3n) is 5.70. The average Bonchev–Trinajstić information content (AvgIpc) is 2.66. The molecule has 1 saturated carbocycles. The second kappa shape index (κ2) is 8.44. The molecule has 0 bridgehead atoms. The van der Waals surface area contributed by atoms with Crippen LogP contribution in [0.25, 0.3) is 0 Å². The highest BCUT2D eigenvalue weighted by atomic mass is 16.5. The molecule has 0 aliphatic heterocycles. The molecule has 0 saturated heterocycles. The SMILES string of the molecule is Cc1cc(C#Cc2ccc(OC(=O)C3CCC(C)CC3)cc2)cc(C)c1C. The van der Waals surface area contributed by atoms with Crippen molar-refractivity contribution in [2.45, 2.75) is 53.4 Å². The van der Waals surface area contributed by atoms with E-state index >= 15 is 0 Å². The Morgan fingerprint density at radius 2 is 1.44 bits per heavy atom. The van der Waals surface area contributed by atoms with Crippen molar-refractivity contribution in [1.82, 2.24) is 0 Å². The monoisotopic (exact) mass is 360 g/mol. The lowest BCUT2D eigenvalue weighted by molar-refractivity contribution is -0.140. The normalized spacial score (nSPS) is 19.1. The van der Waals surface area contributed by atoms with E-state index in [0.29, 0.717) is 5.75 Å². The molecule has 2 aromatic rings. The van der Waals surface area contributed by atoms with Gasteiger partial charge in [0, 0.05) is 11.1 Å². The Hall–Kier alpha value is -2.53. The molecule has 2 aromatic carbocycles. The molecule has 27 heavy (non-hydrogen) atoms. The van der Waals surface area contributed by atoms with Crippen molar-refractivity contribution in [3.05, 3.63) is 64.2 Å². The number of aryl methyl sites for hydroxylation is 2. The van der Waals surface area contributed by atoms with Crippen molar-refractivity contribution in [1.29, 1.82) is 0 Å². The van der Waals surface area contributed by atoms with Crippen LogP contribution in [0, 0.1) is 44.4 Å². The molecule has 0 aromatic heterocycles. The Morgan fingerprint density at radius 3 is 2.04 bits per heavy atom. The van der Waals surface area contributed by atoms with Gasteiger partial charge in [0.1, 0.15) is 5.75 Å². The van der Waals surface area contributed by atoms with Crippen LogP contribution >= 0.6 is 0 Å². The zero-order valence-electron chi connectivity index (χ0n) is 16.8. The summed E-state index contributed by atoms with van der Waals surface area (Å²) in [7, 11) is 0. The third-order valence-corrected chi connectivity index (χ3v) is 5.70. The highest BCUT2D eigenvalue weighted by Crippen LogP contribution is 2.29. The molecule has 1 fully saturated rings. The number of hydrogen-bond acceptors (Lipinski definition) is 2. The number of hydrogen-bond donors (Lipinski definition) is 0. The number of esters is 1. The lowest BCUT2D eigenvalue weighted by Crippen LogP contribution is -2.24. The van der Waals surface area contributed by atoms with E-state index in [0.717, 1.165) is 42.7 Å². The second-order valence-electron chi connectivity index (χ2n) is 7.89. The van der Waals surface area contributed by atoms with E-state index in [9.17, 15) is 4.79 Å². The van der Waals surface area contributed by atoms with Crippen LogP contribution in [0.4, 0.5) is 0 Å². The first-order valence-corrected chi connectivity index (χ1v) is 9.84. The molecule has 140 valence electrons. The summed E-state index contributed by atoms with van der Waals surface area (Å²) < 4.78 is 5.56. The smallest absolute Gasteiger partial charge is 0.314 e. The van der Waals surface area contributed by atoms with E-state index in [2.05, 4.69) is 51.7 Å². The Labute approximate surface area is 163 Å². The fourth-order valence-corrected chi connectivity index (χ4v) is 3.55. The molecule has 0 N–H and O–H groups in total. The second-order valence-corrected chi connectivity index (χ2v) is 7.89. The van der Waals surface area contributed by atoms with Crippen LogP contribution in [0.5, 0.6) is 5.75 Å². The minimum Gasteiger partial charge on any atom is -0.426 e. The lowest BCUT2D eigenvalue weighted by atomic mass is 9.83. The van der Waals surface area contributed by atoms with Crippen LogP contribution < -0.4 is 4.74 Å². The maximum Gasteiger partial charge on any atom is 0.314 e. The van der Waals surface area contributed by atoms with Crippen molar-refractivity contribution >= 4 is 5.97 Å². The van der Waals surface area contributed by atoms with E-state index in [1.54, 1.807) is 0 Å². The van der Waals surface area contributed by atoms with Gasteiger partial charge in [0.15, 0.2) is 0 Å². The predicted octanol–water partition coefficient (Wildman–Crippen LogP) is 5.74. The van der Waals surface area contributed by atoms with Crippen LogP contribution in [-0.4, -0.2) is 5.97 Å². The van der Waals surface area contributed by atoms with Gasteiger partial charge in [-0.25, -0.2) is 0 Å². The Bertz CT molecular complexity index is 850. The van der Waals surface area contributed by atoms with Gasteiger partial charge in [-0.2, -0.15) is 0 Å². The maximum atomic E-state index is 12.3. The van der Waals surface area contributed by atoms with Gasteiger partial charge in [-0.3, -0.25) is 4.79 Å². The Balaban J connectivity index is 1.63. The first-order valence-electron chi connectivity index (χ1n) is 9.84. The molecule has 1 aliphatic carbocycles. The van der Waals surface area contributed by atoms with Crippen molar-refractivity contribution in [3.63, 3.8) is 0 Å². The summed E-state index contributed by atoms with van der Waals surface area (Å²) >= 11 is 0. The molecule has 1 aliphatic rings. The van der Waals surface area contributed by atoms with Gasteiger partial charge < -0.3 is 4.74 Å². The van der Waals surface area contributed by atoms with E-state index < -0.39 is 0 Å². The summed E-state index contributed by atoms with van der Waals surface area (Å²) in [5.74, 6) is 7.71. The Morgan fingerprint density at radius 1 is 0.889 bits per heavy atom. The van der Waals surface area contributed by atoms with Crippen LogP contribution in [-0.2, 0) is 4.79 Å². The van der Waals surface area contributed by atoms with E-state index in [4.69, 9.17) is 4.74 Å². The quantitative estimate of drug-likeness (QED) is 0.387. The zero-order chi connectivity index (χ0) is 19.4. The Kier molecular flexibility index (Phi) is 6.01. The largest absolute Gasteiger partial charge is 0.426 e. The number of ether oxygens (including phenoxy) is 1. The molecular weight excluding hydrogens is 332 g/mol. The molecule has 0 spiro atoms. The summed E-state index contributed by atoms with van der Waals surface area (Å²) in [6.07, 6.45) is 4.12. The molecule has 3 rings (SSSR count).